The Balaban J connectivity index is 2.08. The van der Waals surface area contributed by atoms with Crippen molar-refractivity contribution in [3.05, 3.63) is 66.1 Å². The van der Waals surface area contributed by atoms with Gasteiger partial charge in [-0.15, -0.1) is 0 Å². The third kappa shape index (κ3) is 1.10. The highest BCUT2D eigenvalue weighted by molar-refractivity contribution is 5.88. The Bertz CT molecular complexity index is 646. The molecule has 1 atom stereocenters. The van der Waals surface area contributed by atoms with Crippen molar-refractivity contribution in [1.29, 1.82) is 0 Å². The second-order valence-corrected chi connectivity index (χ2v) is 4.22. The Morgan fingerprint density at radius 1 is 1.00 bits per heavy atom. The van der Waals surface area contributed by atoms with E-state index in [9.17, 15) is 0 Å². The van der Waals surface area contributed by atoms with Gasteiger partial charge in [0.25, 0.3) is 0 Å². The molecule has 0 fully saturated rings. The Morgan fingerprint density at radius 2 is 1.94 bits per heavy atom. The number of hydrogen-bond donors (Lipinski definition) is 0. The van der Waals surface area contributed by atoms with Gasteiger partial charge in [-0.25, -0.2) is 0 Å². The van der Waals surface area contributed by atoms with E-state index >= 15 is 0 Å². The molecular formula is C15H10O2. The van der Waals surface area contributed by atoms with Crippen LogP contribution in [0.1, 0.15) is 17.2 Å². The number of furan rings is 1. The summed E-state index contributed by atoms with van der Waals surface area (Å²) in [5, 5.41) is 0. The van der Waals surface area contributed by atoms with E-state index in [0.717, 1.165) is 16.9 Å². The highest BCUT2D eigenvalue weighted by atomic mass is 16.5. The molecule has 1 aliphatic carbocycles. The molecule has 2 aromatic rings. The maximum atomic E-state index is 5.74. The summed E-state index contributed by atoms with van der Waals surface area (Å²) in [5.74, 6) is 0.946. The van der Waals surface area contributed by atoms with Gasteiger partial charge in [0, 0.05) is 22.3 Å². The number of ether oxygens (including phenoxy) is 1. The number of hydrogen-bond acceptors (Lipinski definition) is 2. The molecule has 1 aromatic carbocycles. The Hall–Kier alpha value is -2.22. The predicted molar refractivity (Wildman–Crippen MR) is 65.1 cm³/mol. The number of fused-ring (bicyclic) bond motifs is 6. The van der Waals surface area contributed by atoms with Crippen LogP contribution < -0.4 is 0 Å². The Morgan fingerprint density at radius 3 is 2.94 bits per heavy atom. The summed E-state index contributed by atoms with van der Waals surface area (Å²) >= 11 is 0. The second kappa shape index (κ2) is 3.14. The van der Waals surface area contributed by atoms with Crippen LogP contribution in [0.4, 0.5) is 0 Å². The molecule has 1 aliphatic heterocycles. The van der Waals surface area contributed by atoms with Gasteiger partial charge in [-0.2, -0.15) is 0 Å². The summed E-state index contributed by atoms with van der Waals surface area (Å²) in [4.78, 5) is 0. The molecule has 2 aliphatic rings. The van der Waals surface area contributed by atoms with Gasteiger partial charge < -0.3 is 9.15 Å². The summed E-state index contributed by atoms with van der Waals surface area (Å²) in [6.45, 7) is 0. The molecular weight excluding hydrogens is 212 g/mol. The number of allylic oxidation sites excluding steroid dienone is 2. The van der Waals surface area contributed by atoms with E-state index in [1.165, 1.54) is 11.1 Å². The van der Waals surface area contributed by atoms with E-state index in [4.69, 9.17) is 9.15 Å². The van der Waals surface area contributed by atoms with Crippen molar-refractivity contribution in [3.8, 4) is 11.3 Å². The van der Waals surface area contributed by atoms with E-state index < -0.39 is 0 Å². The largest absolute Gasteiger partial charge is 0.489 e. The molecule has 2 heterocycles. The Kier molecular flexibility index (Phi) is 1.64. The first-order valence-electron chi connectivity index (χ1n) is 5.64. The summed E-state index contributed by atoms with van der Waals surface area (Å²) in [6, 6.07) is 10.2. The molecule has 0 saturated carbocycles. The van der Waals surface area contributed by atoms with Gasteiger partial charge in [-0.05, 0) is 12.1 Å². The fourth-order valence-corrected chi connectivity index (χ4v) is 2.58. The standard InChI is InChI=1S/C15H10O2/c1-2-5-11-10(4-1)14-12(6-3-8-16-14)13-7-9-17-15(11)13/h1-9,14H. The average Bonchev–Trinajstić information content (AvgIpc) is 2.89. The van der Waals surface area contributed by atoms with Crippen molar-refractivity contribution in [3.63, 3.8) is 0 Å². The topological polar surface area (TPSA) is 22.4 Å². The fourth-order valence-electron chi connectivity index (χ4n) is 2.58. The van der Waals surface area contributed by atoms with Crippen molar-refractivity contribution >= 4 is 5.57 Å². The Labute approximate surface area is 98.8 Å². The molecule has 2 nitrogen and oxygen atoms in total. The highest BCUT2D eigenvalue weighted by Crippen LogP contribution is 2.48. The third-order valence-electron chi connectivity index (χ3n) is 3.32. The highest BCUT2D eigenvalue weighted by Gasteiger charge is 2.32. The minimum Gasteiger partial charge on any atom is -0.489 e. The van der Waals surface area contributed by atoms with E-state index in [1.54, 1.807) is 12.5 Å². The fraction of sp³-hybridized carbons (Fsp3) is 0.0667. The summed E-state index contributed by atoms with van der Waals surface area (Å²) in [6.07, 6.45) is 7.51. The van der Waals surface area contributed by atoms with Crippen LogP contribution in [-0.4, -0.2) is 0 Å². The van der Waals surface area contributed by atoms with Crippen molar-refractivity contribution in [1.82, 2.24) is 0 Å². The normalized spacial score (nSPS) is 19.8. The molecule has 2 heteroatoms. The molecule has 0 amide bonds. The number of rotatable bonds is 0. The third-order valence-corrected chi connectivity index (χ3v) is 3.32. The first-order chi connectivity index (χ1) is 8.45. The van der Waals surface area contributed by atoms with Crippen LogP contribution in [0.5, 0.6) is 0 Å². The quantitative estimate of drug-likeness (QED) is 0.673. The number of benzene rings is 1. The maximum absolute atomic E-state index is 5.74. The zero-order chi connectivity index (χ0) is 11.2. The molecule has 82 valence electrons. The van der Waals surface area contributed by atoms with Gasteiger partial charge in [0.05, 0.1) is 12.5 Å². The maximum Gasteiger partial charge on any atom is 0.149 e. The van der Waals surface area contributed by atoms with Crippen LogP contribution in [0.2, 0.25) is 0 Å². The van der Waals surface area contributed by atoms with Gasteiger partial charge >= 0.3 is 0 Å². The summed E-state index contributed by atoms with van der Waals surface area (Å²) in [5.41, 5.74) is 4.61. The van der Waals surface area contributed by atoms with E-state index in [0.29, 0.717) is 0 Å². The molecule has 0 bridgehead atoms. The SMILES string of the molecule is C1=COC2C(=C1)c1ccoc1-c1ccccc12. The first-order valence-corrected chi connectivity index (χ1v) is 5.64. The van der Waals surface area contributed by atoms with Gasteiger partial charge in [0.15, 0.2) is 0 Å². The van der Waals surface area contributed by atoms with Crippen LogP contribution >= 0.6 is 0 Å². The summed E-state index contributed by atoms with van der Waals surface area (Å²) in [7, 11) is 0. The molecule has 1 aromatic heterocycles. The molecule has 1 unspecified atom stereocenters. The zero-order valence-corrected chi connectivity index (χ0v) is 9.09. The molecule has 4 rings (SSSR count). The lowest BCUT2D eigenvalue weighted by Crippen LogP contribution is -2.12. The minimum atomic E-state index is 0.00120. The zero-order valence-electron chi connectivity index (χ0n) is 9.09. The van der Waals surface area contributed by atoms with Crippen LogP contribution in [0.25, 0.3) is 16.9 Å². The average molecular weight is 222 g/mol. The van der Waals surface area contributed by atoms with Crippen molar-refractivity contribution in [2.45, 2.75) is 6.10 Å². The summed E-state index contributed by atoms with van der Waals surface area (Å²) < 4.78 is 11.4. The van der Waals surface area contributed by atoms with Gasteiger partial charge in [-0.1, -0.05) is 30.3 Å². The lowest BCUT2D eigenvalue weighted by Gasteiger charge is -2.28. The van der Waals surface area contributed by atoms with Crippen LogP contribution in [0.15, 0.2) is 59.4 Å². The van der Waals surface area contributed by atoms with Gasteiger partial charge in [-0.3, -0.25) is 0 Å². The monoisotopic (exact) mass is 222 g/mol. The predicted octanol–water partition coefficient (Wildman–Crippen LogP) is 3.93. The van der Waals surface area contributed by atoms with E-state index in [1.807, 2.05) is 24.3 Å². The van der Waals surface area contributed by atoms with Gasteiger partial charge in [0.1, 0.15) is 11.9 Å². The first kappa shape index (κ1) is 8.88. The van der Waals surface area contributed by atoms with Crippen molar-refractivity contribution < 1.29 is 9.15 Å². The van der Waals surface area contributed by atoms with E-state index in [-0.39, 0.29) is 6.10 Å². The van der Waals surface area contributed by atoms with Crippen LogP contribution in [-0.2, 0) is 4.74 Å². The lowest BCUT2D eigenvalue weighted by molar-refractivity contribution is 0.194. The minimum absolute atomic E-state index is 0.00120. The van der Waals surface area contributed by atoms with Gasteiger partial charge in [0.2, 0.25) is 0 Å². The van der Waals surface area contributed by atoms with Crippen molar-refractivity contribution in [2.24, 2.45) is 0 Å². The van der Waals surface area contributed by atoms with E-state index in [2.05, 4.69) is 18.2 Å². The molecule has 0 spiro atoms. The second-order valence-electron chi connectivity index (χ2n) is 4.22. The lowest BCUT2D eigenvalue weighted by atomic mass is 9.84. The molecule has 0 radical (unpaired) electrons. The molecule has 0 saturated heterocycles. The van der Waals surface area contributed by atoms with Crippen LogP contribution in [0, 0.1) is 0 Å². The van der Waals surface area contributed by atoms with Crippen LogP contribution in [0.3, 0.4) is 0 Å². The van der Waals surface area contributed by atoms with Crippen molar-refractivity contribution in [2.75, 3.05) is 0 Å². The molecule has 17 heavy (non-hydrogen) atoms. The molecule has 0 N–H and O–H groups in total. The smallest absolute Gasteiger partial charge is 0.149 e.